The molecule has 1 aromatic heterocycles. The number of aromatic nitrogens is 1. The fourth-order valence-corrected chi connectivity index (χ4v) is 3.98. The van der Waals surface area contributed by atoms with Crippen molar-refractivity contribution in [2.45, 2.75) is 64.7 Å². The van der Waals surface area contributed by atoms with E-state index in [1.165, 1.54) is 44.1 Å². The number of hydrogen-bond acceptors (Lipinski definition) is 1. The highest BCUT2D eigenvalue weighted by Crippen LogP contribution is 2.38. The van der Waals surface area contributed by atoms with Crippen LogP contribution in [0, 0.1) is 11.7 Å². The number of aryl methyl sites for hydroxylation is 1. The van der Waals surface area contributed by atoms with Crippen molar-refractivity contribution in [3.05, 3.63) is 53.5 Å². The van der Waals surface area contributed by atoms with Gasteiger partial charge in [0.05, 0.1) is 5.69 Å². The Morgan fingerprint density at radius 3 is 2.42 bits per heavy atom. The predicted molar refractivity (Wildman–Crippen MR) is 98.6 cm³/mol. The Morgan fingerprint density at radius 2 is 1.83 bits per heavy atom. The van der Waals surface area contributed by atoms with Gasteiger partial charge < -0.3 is 0 Å². The molecule has 0 spiro atoms. The molecule has 1 saturated carbocycles. The summed E-state index contributed by atoms with van der Waals surface area (Å²) in [7, 11) is 0. The Bertz CT molecular complexity index is 654. The number of hydrogen-bond donors (Lipinski definition) is 0. The quantitative estimate of drug-likeness (QED) is 0.609. The van der Waals surface area contributed by atoms with E-state index in [1.807, 2.05) is 24.4 Å². The zero-order valence-corrected chi connectivity index (χ0v) is 14.9. The number of nitrogens with zero attached hydrogens (tertiary/aromatic N) is 1. The van der Waals surface area contributed by atoms with Crippen molar-refractivity contribution in [3.63, 3.8) is 0 Å². The molecule has 0 bridgehead atoms. The minimum absolute atomic E-state index is 0.139. The van der Waals surface area contributed by atoms with Crippen LogP contribution in [0.5, 0.6) is 0 Å². The Hall–Kier alpha value is -1.70. The maximum Gasteiger partial charge on any atom is 0.132 e. The summed E-state index contributed by atoms with van der Waals surface area (Å²) in [5, 5.41) is 0. The first-order valence-electron chi connectivity index (χ1n) is 9.46. The van der Waals surface area contributed by atoms with Gasteiger partial charge in [0, 0.05) is 11.8 Å². The lowest BCUT2D eigenvalue weighted by Gasteiger charge is -2.28. The average Bonchev–Trinajstić information content (AvgIpc) is 2.63. The van der Waals surface area contributed by atoms with Crippen LogP contribution in [-0.4, -0.2) is 4.98 Å². The molecule has 128 valence electrons. The molecule has 1 aromatic carbocycles. The van der Waals surface area contributed by atoms with Crippen LogP contribution in [-0.2, 0) is 6.42 Å². The van der Waals surface area contributed by atoms with Crippen LogP contribution < -0.4 is 0 Å². The molecule has 3 rings (SSSR count). The van der Waals surface area contributed by atoms with Gasteiger partial charge in [0.2, 0.25) is 0 Å². The molecule has 1 nitrogen and oxygen atoms in total. The van der Waals surface area contributed by atoms with Gasteiger partial charge in [0.15, 0.2) is 0 Å². The minimum atomic E-state index is -0.139. The van der Waals surface area contributed by atoms with Gasteiger partial charge in [-0.15, -0.1) is 0 Å². The van der Waals surface area contributed by atoms with Gasteiger partial charge in [-0.05, 0) is 73.3 Å². The van der Waals surface area contributed by atoms with E-state index < -0.39 is 0 Å². The van der Waals surface area contributed by atoms with Crippen molar-refractivity contribution < 1.29 is 4.39 Å². The molecule has 0 unspecified atom stereocenters. The van der Waals surface area contributed by atoms with Gasteiger partial charge in [-0.1, -0.05) is 38.8 Å². The highest BCUT2D eigenvalue weighted by molar-refractivity contribution is 5.60. The van der Waals surface area contributed by atoms with E-state index in [2.05, 4.69) is 24.9 Å². The lowest BCUT2D eigenvalue weighted by atomic mass is 9.77. The largest absolute Gasteiger partial charge is 0.256 e. The molecule has 0 saturated heterocycles. The summed E-state index contributed by atoms with van der Waals surface area (Å²) >= 11 is 0. The predicted octanol–water partition coefficient (Wildman–Crippen LogP) is 6.52. The van der Waals surface area contributed by atoms with Gasteiger partial charge in [-0.2, -0.15) is 0 Å². The van der Waals surface area contributed by atoms with Crippen molar-refractivity contribution in [2.24, 2.45) is 5.92 Å². The molecule has 2 aromatic rings. The summed E-state index contributed by atoms with van der Waals surface area (Å²) in [5.74, 6) is 1.27. The Kier molecular flexibility index (Phi) is 5.65. The van der Waals surface area contributed by atoms with Gasteiger partial charge in [0.25, 0.3) is 0 Å². The highest BCUT2D eigenvalue weighted by Gasteiger charge is 2.22. The molecule has 0 radical (unpaired) electrons. The third-order valence-electron chi connectivity index (χ3n) is 5.52. The molecule has 1 aliphatic carbocycles. The number of rotatable bonds is 5. The van der Waals surface area contributed by atoms with Crippen LogP contribution in [0.4, 0.5) is 4.39 Å². The van der Waals surface area contributed by atoms with Gasteiger partial charge in [-0.25, -0.2) is 4.39 Å². The molecule has 0 atom stereocenters. The molecule has 1 fully saturated rings. The number of pyridine rings is 1. The van der Waals surface area contributed by atoms with E-state index >= 15 is 0 Å². The maximum absolute atomic E-state index is 14.6. The van der Waals surface area contributed by atoms with Crippen LogP contribution in [0.25, 0.3) is 11.3 Å². The van der Waals surface area contributed by atoms with Crippen LogP contribution >= 0.6 is 0 Å². The fourth-order valence-electron chi connectivity index (χ4n) is 3.98. The van der Waals surface area contributed by atoms with Crippen LogP contribution in [0.2, 0.25) is 0 Å². The lowest BCUT2D eigenvalue weighted by molar-refractivity contribution is 0.308. The van der Waals surface area contributed by atoms with Gasteiger partial charge in [-0.3, -0.25) is 4.98 Å². The normalized spacial score (nSPS) is 21.0. The first-order valence-corrected chi connectivity index (χ1v) is 9.46. The molecule has 0 N–H and O–H groups in total. The molecular weight excluding hydrogens is 297 g/mol. The SMILES string of the molecule is CCCC1CCC(c2ccc(-c3ccc(CC)cn3)c(F)c2)CC1. The highest BCUT2D eigenvalue weighted by atomic mass is 19.1. The first-order chi connectivity index (χ1) is 11.7. The summed E-state index contributed by atoms with van der Waals surface area (Å²) in [5.41, 5.74) is 3.68. The third kappa shape index (κ3) is 3.85. The summed E-state index contributed by atoms with van der Waals surface area (Å²) in [6, 6.07) is 9.72. The molecule has 1 aliphatic rings. The third-order valence-corrected chi connectivity index (χ3v) is 5.52. The second-order valence-electron chi connectivity index (χ2n) is 7.15. The zero-order valence-electron chi connectivity index (χ0n) is 14.9. The van der Waals surface area contributed by atoms with E-state index in [9.17, 15) is 4.39 Å². The molecule has 1 heterocycles. The van der Waals surface area contributed by atoms with Crippen molar-refractivity contribution in [1.29, 1.82) is 0 Å². The molecule has 2 heteroatoms. The number of halogens is 1. The summed E-state index contributed by atoms with van der Waals surface area (Å²) in [6.45, 7) is 4.36. The average molecular weight is 325 g/mol. The van der Waals surface area contributed by atoms with Crippen molar-refractivity contribution >= 4 is 0 Å². The van der Waals surface area contributed by atoms with Gasteiger partial charge in [0.1, 0.15) is 5.82 Å². The fraction of sp³-hybridized carbons (Fsp3) is 0.500. The number of benzene rings is 1. The van der Waals surface area contributed by atoms with E-state index in [0.29, 0.717) is 11.5 Å². The minimum Gasteiger partial charge on any atom is -0.256 e. The van der Waals surface area contributed by atoms with E-state index in [1.54, 1.807) is 6.07 Å². The summed E-state index contributed by atoms with van der Waals surface area (Å²) in [6.07, 6.45) is 10.4. The second kappa shape index (κ2) is 7.92. The summed E-state index contributed by atoms with van der Waals surface area (Å²) < 4.78 is 14.6. The monoisotopic (exact) mass is 325 g/mol. The molecule has 0 amide bonds. The van der Waals surface area contributed by atoms with Crippen LogP contribution in [0.15, 0.2) is 36.5 Å². The smallest absolute Gasteiger partial charge is 0.132 e. The van der Waals surface area contributed by atoms with Crippen LogP contribution in [0.3, 0.4) is 0 Å². The lowest BCUT2D eigenvalue weighted by Crippen LogP contribution is -2.13. The Morgan fingerprint density at radius 1 is 1.04 bits per heavy atom. The van der Waals surface area contributed by atoms with E-state index in [-0.39, 0.29) is 5.82 Å². The standard InChI is InChI=1S/C22H28FN/c1-3-5-17-6-9-18(10-7-17)19-11-12-20(21(23)14-19)22-13-8-16(4-2)15-24-22/h8,11-15,17-18H,3-7,9-10H2,1-2H3. The van der Waals surface area contributed by atoms with Crippen LogP contribution in [0.1, 0.15) is 69.4 Å². The van der Waals surface area contributed by atoms with E-state index in [0.717, 1.165) is 23.6 Å². The Labute approximate surface area is 145 Å². The van der Waals surface area contributed by atoms with Gasteiger partial charge >= 0.3 is 0 Å². The van der Waals surface area contributed by atoms with E-state index in [4.69, 9.17) is 0 Å². The zero-order chi connectivity index (χ0) is 16.9. The van der Waals surface area contributed by atoms with Crippen molar-refractivity contribution in [3.8, 4) is 11.3 Å². The molecule has 0 aliphatic heterocycles. The topological polar surface area (TPSA) is 12.9 Å². The van der Waals surface area contributed by atoms with Crippen molar-refractivity contribution in [2.75, 3.05) is 0 Å². The first kappa shape index (κ1) is 17.1. The maximum atomic E-state index is 14.6. The Balaban J connectivity index is 1.73. The molecular formula is C22H28FN. The molecule has 24 heavy (non-hydrogen) atoms. The summed E-state index contributed by atoms with van der Waals surface area (Å²) in [4.78, 5) is 4.41. The second-order valence-corrected chi connectivity index (χ2v) is 7.15. The van der Waals surface area contributed by atoms with Crippen molar-refractivity contribution in [1.82, 2.24) is 4.98 Å².